The summed E-state index contributed by atoms with van der Waals surface area (Å²) in [5, 5.41) is 12.6. The molecule has 1 aliphatic heterocycles. The molecule has 0 spiro atoms. The first-order valence-electron chi connectivity index (χ1n) is 15.3. The van der Waals surface area contributed by atoms with Crippen molar-refractivity contribution in [1.82, 2.24) is 0 Å². The number of fused-ring (bicyclic) bond motifs is 5. The molecule has 0 radical (unpaired) electrons. The molecule has 5 rings (SSSR count). The monoisotopic (exact) mass is 548 g/mol. The van der Waals surface area contributed by atoms with Crippen LogP contribution >= 0.6 is 0 Å². The molecule has 5 aliphatic rings. The third kappa shape index (κ3) is 4.72. The van der Waals surface area contributed by atoms with Crippen LogP contribution in [0, 0.1) is 40.4 Å². The van der Waals surface area contributed by atoms with Crippen molar-refractivity contribution in [2.24, 2.45) is 40.4 Å². The van der Waals surface area contributed by atoms with E-state index in [9.17, 15) is 9.90 Å². The van der Waals surface area contributed by atoms with Crippen LogP contribution in [0.5, 0.6) is 0 Å². The zero-order valence-corrected chi connectivity index (χ0v) is 25.2. The van der Waals surface area contributed by atoms with Gasteiger partial charge in [0.2, 0.25) is 0 Å². The van der Waals surface area contributed by atoms with E-state index >= 15 is 0 Å². The van der Waals surface area contributed by atoms with Crippen LogP contribution in [-0.4, -0.2) is 75.6 Å². The second-order valence-electron chi connectivity index (χ2n) is 14.0. The molecule has 0 amide bonds. The van der Waals surface area contributed by atoms with Gasteiger partial charge in [0.15, 0.2) is 0 Å². The molecule has 39 heavy (non-hydrogen) atoms. The Balaban J connectivity index is 1.29. The van der Waals surface area contributed by atoms with E-state index in [2.05, 4.69) is 27.7 Å². The van der Waals surface area contributed by atoms with E-state index in [1.54, 1.807) is 27.4 Å². The fourth-order valence-corrected chi connectivity index (χ4v) is 9.97. The molecular weight excluding hydrogens is 496 g/mol. The van der Waals surface area contributed by atoms with Crippen LogP contribution in [0.2, 0.25) is 0 Å². The molecule has 0 aromatic heterocycles. The number of hydrogen-bond acceptors (Lipinski definition) is 7. The Morgan fingerprint density at radius 2 is 1.82 bits per heavy atom. The molecule has 4 aliphatic carbocycles. The average molecular weight is 549 g/mol. The molecule has 4 saturated carbocycles. The van der Waals surface area contributed by atoms with E-state index in [0.29, 0.717) is 31.5 Å². The van der Waals surface area contributed by atoms with Gasteiger partial charge < -0.3 is 28.8 Å². The van der Waals surface area contributed by atoms with Gasteiger partial charge in [0, 0.05) is 51.1 Å². The highest BCUT2D eigenvalue weighted by Gasteiger charge is 2.70. The van der Waals surface area contributed by atoms with Gasteiger partial charge in [-0.05, 0) is 80.6 Å². The number of cyclic esters (lactones) is 1. The van der Waals surface area contributed by atoms with E-state index in [4.69, 9.17) is 23.7 Å². The van der Waals surface area contributed by atoms with Crippen molar-refractivity contribution in [3.8, 4) is 0 Å². The van der Waals surface area contributed by atoms with Crippen molar-refractivity contribution in [1.29, 1.82) is 0 Å². The lowest BCUT2D eigenvalue weighted by Crippen LogP contribution is -2.62. The summed E-state index contributed by atoms with van der Waals surface area (Å²) in [7, 11) is 5.27. The van der Waals surface area contributed by atoms with Gasteiger partial charge in [-0.15, -0.1) is 0 Å². The summed E-state index contributed by atoms with van der Waals surface area (Å²) in [6.45, 7) is 9.95. The quantitative estimate of drug-likeness (QED) is 0.409. The van der Waals surface area contributed by atoms with Crippen molar-refractivity contribution in [2.45, 2.75) is 109 Å². The highest BCUT2D eigenvalue weighted by atomic mass is 16.5. The topological polar surface area (TPSA) is 83.5 Å². The molecule has 0 saturated heterocycles. The summed E-state index contributed by atoms with van der Waals surface area (Å²) < 4.78 is 29.1. The predicted molar refractivity (Wildman–Crippen MR) is 148 cm³/mol. The Hall–Kier alpha value is -0.990. The fraction of sp³-hybridized carbons (Fsp3) is 0.906. The van der Waals surface area contributed by atoms with Crippen molar-refractivity contribution in [3.63, 3.8) is 0 Å². The molecule has 7 nitrogen and oxygen atoms in total. The normalized spacial score (nSPS) is 45.9. The van der Waals surface area contributed by atoms with E-state index < -0.39 is 5.60 Å². The molecule has 12 unspecified atom stereocenters. The molecule has 1 heterocycles. The minimum absolute atomic E-state index is 0.0199. The van der Waals surface area contributed by atoms with Crippen LogP contribution in [0.15, 0.2) is 11.6 Å². The smallest absolute Gasteiger partial charge is 0.331 e. The minimum Gasteiger partial charge on any atom is -0.458 e. The molecule has 4 fully saturated rings. The van der Waals surface area contributed by atoms with Gasteiger partial charge in [-0.3, -0.25) is 0 Å². The number of carbonyl (C=O) groups is 1. The summed E-state index contributed by atoms with van der Waals surface area (Å²) in [4.78, 5) is 12.0. The van der Waals surface area contributed by atoms with Crippen molar-refractivity contribution in [2.75, 3.05) is 34.5 Å². The van der Waals surface area contributed by atoms with Crippen molar-refractivity contribution >= 4 is 5.97 Å². The third-order valence-electron chi connectivity index (χ3n) is 12.7. The molecule has 7 heteroatoms. The van der Waals surface area contributed by atoms with Gasteiger partial charge in [-0.2, -0.15) is 0 Å². The van der Waals surface area contributed by atoms with Crippen molar-refractivity contribution in [3.05, 3.63) is 11.6 Å². The van der Waals surface area contributed by atoms with Gasteiger partial charge in [0.25, 0.3) is 0 Å². The third-order valence-corrected chi connectivity index (χ3v) is 12.7. The lowest BCUT2D eigenvalue weighted by atomic mass is 9.43. The standard InChI is InChI=1S/C32H52O7/c1-19(20(2)35-5)27(37-7)18-38-23-10-12-30(3)22(15-23)8-9-25-24(30)11-13-31(4)29(21-14-28(33)39-17-21)26(36-6)16-32(25,31)34/h14,19-20,22-27,29,34H,8-13,15-18H2,1-7H3. The van der Waals surface area contributed by atoms with Gasteiger partial charge in [0.1, 0.15) is 6.61 Å². The van der Waals surface area contributed by atoms with E-state index in [1.165, 1.54) is 0 Å². The summed E-state index contributed by atoms with van der Waals surface area (Å²) in [6, 6.07) is 0. The number of aliphatic hydroxyl groups is 1. The Kier molecular flexibility index (Phi) is 8.33. The van der Waals surface area contributed by atoms with Gasteiger partial charge in [0.05, 0.1) is 36.6 Å². The number of rotatable bonds is 9. The average Bonchev–Trinajstić information content (AvgIpc) is 3.45. The second kappa shape index (κ2) is 11.0. The maximum atomic E-state index is 12.6. The Morgan fingerprint density at radius 1 is 1.05 bits per heavy atom. The SMILES string of the molecule is COC(C)C(C)C(COC1CCC2(C)C(CCC3C2CCC2(C)C(C4=CC(=O)OC4)C(OC)CC32O)C1)OC. The maximum absolute atomic E-state index is 12.6. The van der Waals surface area contributed by atoms with Crippen LogP contribution in [-0.2, 0) is 28.5 Å². The highest BCUT2D eigenvalue weighted by molar-refractivity contribution is 5.85. The Morgan fingerprint density at radius 3 is 2.46 bits per heavy atom. The minimum atomic E-state index is -0.797. The molecule has 0 aromatic carbocycles. The van der Waals surface area contributed by atoms with E-state index in [0.717, 1.165) is 50.5 Å². The van der Waals surface area contributed by atoms with Crippen LogP contribution < -0.4 is 0 Å². The largest absolute Gasteiger partial charge is 0.458 e. The molecule has 12 atom stereocenters. The lowest BCUT2D eigenvalue weighted by Gasteiger charge is -2.63. The maximum Gasteiger partial charge on any atom is 0.331 e. The van der Waals surface area contributed by atoms with Crippen molar-refractivity contribution < 1.29 is 33.6 Å². The summed E-state index contributed by atoms with van der Waals surface area (Å²) in [5.74, 6) is 1.38. The number of ether oxygens (including phenoxy) is 5. The first-order valence-corrected chi connectivity index (χ1v) is 15.3. The van der Waals surface area contributed by atoms with E-state index in [-0.39, 0.29) is 59.0 Å². The number of esters is 1. The molecule has 0 aromatic rings. The highest BCUT2D eigenvalue weighted by Crippen LogP contribution is 2.70. The molecule has 1 N–H and O–H groups in total. The Bertz CT molecular complexity index is 935. The van der Waals surface area contributed by atoms with Gasteiger partial charge in [-0.1, -0.05) is 20.8 Å². The van der Waals surface area contributed by atoms with Crippen LogP contribution in [0.1, 0.15) is 79.1 Å². The fourth-order valence-electron chi connectivity index (χ4n) is 9.97. The predicted octanol–water partition coefficient (Wildman–Crippen LogP) is 4.94. The van der Waals surface area contributed by atoms with Crippen LogP contribution in [0.3, 0.4) is 0 Å². The first-order chi connectivity index (χ1) is 18.5. The summed E-state index contributed by atoms with van der Waals surface area (Å²) in [6.07, 6.45) is 10.2. The summed E-state index contributed by atoms with van der Waals surface area (Å²) >= 11 is 0. The van der Waals surface area contributed by atoms with E-state index in [1.807, 2.05) is 0 Å². The van der Waals surface area contributed by atoms with Crippen LogP contribution in [0.25, 0.3) is 0 Å². The molecular formula is C32H52O7. The zero-order valence-electron chi connectivity index (χ0n) is 25.2. The van der Waals surface area contributed by atoms with Crippen LogP contribution in [0.4, 0.5) is 0 Å². The van der Waals surface area contributed by atoms with Gasteiger partial charge in [-0.25, -0.2) is 4.79 Å². The Labute approximate surface area is 235 Å². The lowest BCUT2D eigenvalue weighted by molar-refractivity contribution is -0.211. The summed E-state index contributed by atoms with van der Waals surface area (Å²) in [5.41, 5.74) is 0.105. The first kappa shape index (κ1) is 29.5. The number of hydrogen-bond donors (Lipinski definition) is 1. The zero-order chi connectivity index (χ0) is 28.2. The van der Waals surface area contributed by atoms with Gasteiger partial charge >= 0.3 is 5.97 Å². The molecule has 0 bridgehead atoms. The number of methoxy groups -OCH3 is 3. The number of carbonyl (C=O) groups excluding carboxylic acids is 1. The molecule has 222 valence electrons. The second-order valence-corrected chi connectivity index (χ2v) is 14.0.